The lowest BCUT2D eigenvalue weighted by Crippen LogP contribution is -2.45. The Morgan fingerprint density at radius 3 is 2.40 bits per heavy atom. The number of benzene rings is 1. The first kappa shape index (κ1) is 44.6. The Balaban J connectivity index is 1.19. The van der Waals surface area contributed by atoms with E-state index in [0.717, 1.165) is 42.8 Å². The molecule has 0 N–H and O–H groups in total. The van der Waals surface area contributed by atoms with Gasteiger partial charge in [-0.05, 0) is 86.7 Å². The van der Waals surface area contributed by atoms with Crippen LogP contribution in [0.4, 0.5) is 0 Å². The fourth-order valence-electron chi connectivity index (χ4n) is 9.70. The van der Waals surface area contributed by atoms with Crippen LogP contribution >= 0.6 is 22.9 Å². The third kappa shape index (κ3) is 9.76. The third-order valence-corrected chi connectivity index (χ3v) is 14.8. The molecular formula is C47H64ClN3O8S. The molecule has 11 nitrogen and oxygen atoms in total. The van der Waals surface area contributed by atoms with Gasteiger partial charge in [-0.1, -0.05) is 59.6 Å². The van der Waals surface area contributed by atoms with Crippen molar-refractivity contribution in [3.63, 3.8) is 0 Å². The van der Waals surface area contributed by atoms with Crippen LogP contribution in [0.1, 0.15) is 111 Å². The zero-order valence-electron chi connectivity index (χ0n) is 36.9. The molecule has 0 spiro atoms. The Labute approximate surface area is 364 Å². The van der Waals surface area contributed by atoms with Gasteiger partial charge in [0.05, 0.1) is 59.4 Å². The summed E-state index contributed by atoms with van der Waals surface area (Å²) in [7, 11) is 3.09. The van der Waals surface area contributed by atoms with E-state index in [1.165, 1.54) is 13.5 Å². The number of esters is 2. The van der Waals surface area contributed by atoms with Crippen LogP contribution in [0.5, 0.6) is 11.5 Å². The zero-order chi connectivity index (χ0) is 43.1. The van der Waals surface area contributed by atoms with Gasteiger partial charge in [-0.25, -0.2) is 9.97 Å². The Morgan fingerprint density at radius 1 is 1.00 bits per heavy atom. The van der Waals surface area contributed by atoms with Gasteiger partial charge in [0.15, 0.2) is 0 Å². The molecule has 0 radical (unpaired) electrons. The maximum absolute atomic E-state index is 14.9. The number of amides is 1. The summed E-state index contributed by atoms with van der Waals surface area (Å²) in [6, 6.07) is 5.43. The summed E-state index contributed by atoms with van der Waals surface area (Å²) in [5.74, 6) is 1.97. The number of hydrogen-bond donors (Lipinski definition) is 0. The van der Waals surface area contributed by atoms with E-state index in [0.29, 0.717) is 83.3 Å². The molecule has 9 atom stereocenters. The van der Waals surface area contributed by atoms with Gasteiger partial charge in [-0.2, -0.15) is 0 Å². The third-order valence-electron chi connectivity index (χ3n) is 13.5. The summed E-state index contributed by atoms with van der Waals surface area (Å²) >= 11 is 8.69. The number of hydrogen-bond acceptors (Lipinski definition) is 11. The molecule has 4 aliphatic rings. The van der Waals surface area contributed by atoms with Crippen molar-refractivity contribution < 1.29 is 38.1 Å². The molecular weight excluding hydrogens is 802 g/mol. The van der Waals surface area contributed by atoms with E-state index in [-0.39, 0.29) is 48.4 Å². The summed E-state index contributed by atoms with van der Waals surface area (Å²) < 4.78 is 29.8. The van der Waals surface area contributed by atoms with Gasteiger partial charge in [-0.15, -0.1) is 11.3 Å². The zero-order valence-corrected chi connectivity index (χ0v) is 38.5. The summed E-state index contributed by atoms with van der Waals surface area (Å²) in [6.45, 7) is 15.1. The van der Waals surface area contributed by atoms with E-state index >= 15 is 0 Å². The lowest BCUT2D eigenvalue weighted by Gasteiger charge is -2.35. The number of aromatic nitrogens is 2. The number of thiazole rings is 1. The van der Waals surface area contributed by atoms with Crippen molar-refractivity contribution in [3.8, 4) is 22.9 Å². The minimum absolute atomic E-state index is 0.0176. The first-order valence-electron chi connectivity index (χ1n) is 22.0. The fourth-order valence-corrected chi connectivity index (χ4v) is 11.0. The van der Waals surface area contributed by atoms with Gasteiger partial charge in [0.1, 0.15) is 35.3 Å². The van der Waals surface area contributed by atoms with Crippen LogP contribution in [-0.4, -0.2) is 84.4 Å². The van der Waals surface area contributed by atoms with Crippen molar-refractivity contribution >= 4 is 51.7 Å². The molecule has 2 aromatic heterocycles. The highest BCUT2D eigenvalue weighted by molar-refractivity contribution is 7.09. The number of pyridine rings is 1. The summed E-state index contributed by atoms with van der Waals surface area (Å²) in [5, 5.41) is 4.11. The van der Waals surface area contributed by atoms with E-state index in [4.69, 9.17) is 45.3 Å². The molecule has 328 valence electrons. The maximum atomic E-state index is 14.9. The second-order valence-electron chi connectivity index (χ2n) is 19.4. The van der Waals surface area contributed by atoms with Crippen LogP contribution in [0, 0.1) is 40.4 Å². The van der Waals surface area contributed by atoms with Gasteiger partial charge in [0.25, 0.3) is 0 Å². The van der Waals surface area contributed by atoms with Gasteiger partial charge in [-0.3, -0.25) is 14.4 Å². The number of likely N-dealkylation sites (tertiary alicyclic amines) is 1. The molecule has 7 rings (SSSR count). The highest BCUT2D eigenvalue weighted by Crippen LogP contribution is 2.59. The second kappa shape index (κ2) is 18.1. The predicted octanol–water partition coefficient (Wildman–Crippen LogP) is 9.74. The minimum Gasteiger partial charge on any atom is -0.489 e. The lowest BCUT2D eigenvalue weighted by atomic mass is 9.77. The van der Waals surface area contributed by atoms with Crippen molar-refractivity contribution in [2.24, 2.45) is 40.4 Å². The van der Waals surface area contributed by atoms with E-state index in [9.17, 15) is 14.4 Å². The molecule has 1 aromatic carbocycles. The van der Waals surface area contributed by atoms with Crippen molar-refractivity contribution in [1.29, 1.82) is 0 Å². The Hall–Kier alpha value is -3.48. The van der Waals surface area contributed by atoms with Crippen LogP contribution in [-0.2, 0) is 35.0 Å². The fraction of sp³-hybridized carbons (Fsp3) is 0.681. The first-order valence-corrected chi connectivity index (χ1v) is 23.3. The lowest BCUT2D eigenvalue weighted by molar-refractivity contribution is -0.156. The monoisotopic (exact) mass is 865 g/mol. The molecule has 0 bridgehead atoms. The molecule has 13 heteroatoms. The van der Waals surface area contributed by atoms with Gasteiger partial charge in [0.2, 0.25) is 5.91 Å². The summed E-state index contributed by atoms with van der Waals surface area (Å²) in [6.07, 6.45) is 6.83. The molecule has 2 unspecified atom stereocenters. The Morgan fingerprint density at radius 2 is 1.75 bits per heavy atom. The number of methoxy groups -OCH3 is 2. The average Bonchev–Trinajstić information content (AvgIpc) is 3.90. The van der Waals surface area contributed by atoms with E-state index in [1.54, 1.807) is 18.4 Å². The quantitative estimate of drug-likeness (QED) is 0.114. The topological polar surface area (TPSA) is 126 Å². The van der Waals surface area contributed by atoms with E-state index < -0.39 is 22.9 Å². The highest BCUT2D eigenvalue weighted by Gasteiger charge is 2.60. The van der Waals surface area contributed by atoms with Crippen LogP contribution in [0.2, 0.25) is 5.02 Å². The summed E-state index contributed by atoms with van der Waals surface area (Å²) in [4.78, 5) is 53.5. The van der Waals surface area contributed by atoms with E-state index in [1.807, 2.05) is 56.2 Å². The van der Waals surface area contributed by atoms with Crippen LogP contribution in [0.3, 0.4) is 0 Å². The van der Waals surface area contributed by atoms with Gasteiger partial charge < -0.3 is 28.6 Å². The molecule has 1 amide bonds. The normalized spacial score (nSPS) is 26.8. The molecule has 4 fully saturated rings. The molecule has 3 aliphatic carbocycles. The number of ether oxygens (including phenoxy) is 5. The highest BCUT2D eigenvalue weighted by atomic mass is 35.5. The van der Waals surface area contributed by atoms with Gasteiger partial charge in [0, 0.05) is 42.8 Å². The molecule has 1 aliphatic heterocycles. The molecule has 3 heterocycles. The molecule has 60 heavy (non-hydrogen) atoms. The predicted molar refractivity (Wildman–Crippen MR) is 233 cm³/mol. The van der Waals surface area contributed by atoms with Gasteiger partial charge >= 0.3 is 11.9 Å². The van der Waals surface area contributed by atoms with Crippen molar-refractivity contribution in [2.45, 2.75) is 137 Å². The van der Waals surface area contributed by atoms with Crippen molar-refractivity contribution in [1.82, 2.24) is 14.9 Å². The maximum Gasteiger partial charge on any atom is 0.312 e. The Bertz CT molecular complexity index is 2040. The first-order chi connectivity index (χ1) is 28.5. The standard InChI is InChI=1S/C47H64ClN3O8S/c1-10-30-22-47(30,45(54)56-9)14-13-31-19-33(23-51(31)44(53)35(46(5,6)7)20-41(52)59-32-17-28-16-29(28)18-32)58-39-21-36(37-25-60-40(49-37)15-26(2)3)50-43-34(39)11-12-38(42(43)48)57-24-27(4)55-8/h11-12,21,25-33,35H,10,13-20,22-24H2,1-9H3/t27?,28-,29+,30-,31-,32?,33-,35-,47+/m1/s1. The number of nitrogens with zero attached hydrogens (tertiary/aromatic N) is 3. The van der Waals surface area contributed by atoms with Crippen molar-refractivity contribution in [2.75, 3.05) is 27.4 Å². The van der Waals surface area contributed by atoms with Crippen LogP contribution in [0.25, 0.3) is 22.3 Å². The summed E-state index contributed by atoms with van der Waals surface area (Å²) in [5.41, 5.74) is 0.835. The number of rotatable bonds is 18. The number of halogens is 1. The average molecular weight is 867 g/mol. The number of carbonyl (C=O) groups is 3. The minimum atomic E-state index is -0.600. The largest absolute Gasteiger partial charge is 0.489 e. The van der Waals surface area contributed by atoms with Crippen molar-refractivity contribution in [3.05, 3.63) is 33.6 Å². The molecule has 1 saturated heterocycles. The SMILES string of the molecule is CC[C@@H]1C[C@]1(CC[C@@H]1C[C@@H](Oc2cc(-c3csc(CC(C)C)n3)nc3c(Cl)c(OCC(C)OC)ccc23)CN1C(=O)[C@@H](CC(=O)OC1C[C@@H]2C[C@@H]2C1)C(C)(C)C)C(=O)OC. The second-order valence-corrected chi connectivity index (χ2v) is 20.8. The van der Waals surface area contributed by atoms with Crippen LogP contribution in [0.15, 0.2) is 23.6 Å². The molecule has 3 saturated carbocycles. The smallest absolute Gasteiger partial charge is 0.312 e. The van der Waals surface area contributed by atoms with Crippen LogP contribution < -0.4 is 9.47 Å². The Kier molecular flexibility index (Phi) is 13.4. The van der Waals surface area contributed by atoms with E-state index in [2.05, 4.69) is 20.8 Å². The molecule has 3 aromatic rings. The number of carbonyl (C=O) groups excluding carboxylic acids is 3. The number of fused-ring (bicyclic) bond motifs is 2.